The third-order valence-corrected chi connectivity index (χ3v) is 9.00. The van der Waals surface area contributed by atoms with Crippen molar-refractivity contribution in [2.75, 3.05) is 17.1 Å². The molecular weight excluding hydrogens is 557 g/mol. The minimum atomic E-state index is -3.80. The molecule has 10 heteroatoms. The van der Waals surface area contributed by atoms with E-state index >= 15 is 0 Å². The number of carbonyl (C=O) groups is 2. The number of benzene rings is 2. The average molecular weight is 597 g/mol. The molecule has 3 rings (SSSR count). The number of hydrogen-bond donors (Lipinski definition) is 1. The van der Waals surface area contributed by atoms with Gasteiger partial charge in [-0.25, -0.2) is 8.42 Å². The van der Waals surface area contributed by atoms with Gasteiger partial charge >= 0.3 is 0 Å². The molecule has 1 saturated carbocycles. The molecule has 0 bridgehead atoms. The third-order valence-electron chi connectivity index (χ3n) is 7.12. The lowest BCUT2D eigenvalue weighted by molar-refractivity contribution is -0.140. The summed E-state index contributed by atoms with van der Waals surface area (Å²) in [5.74, 6) is -0.724. The zero-order valence-electron chi connectivity index (χ0n) is 23.3. The minimum Gasteiger partial charge on any atom is -0.352 e. The lowest BCUT2D eigenvalue weighted by atomic mass is 9.87. The maximum Gasteiger partial charge on any atom is 0.244 e. The van der Waals surface area contributed by atoms with Crippen molar-refractivity contribution in [3.8, 4) is 0 Å². The topological polar surface area (TPSA) is 86.8 Å². The molecule has 0 unspecified atom stereocenters. The van der Waals surface area contributed by atoms with Crippen LogP contribution in [0.2, 0.25) is 10.0 Å². The summed E-state index contributed by atoms with van der Waals surface area (Å²) in [7, 11) is -3.80. The molecule has 0 saturated heterocycles. The Labute approximate surface area is 242 Å². The number of carbonyl (C=O) groups excluding carboxylic acids is 2. The van der Waals surface area contributed by atoms with Crippen molar-refractivity contribution in [3.05, 3.63) is 63.6 Å². The van der Waals surface area contributed by atoms with E-state index in [1.807, 2.05) is 19.1 Å². The largest absolute Gasteiger partial charge is 0.352 e. The van der Waals surface area contributed by atoms with Crippen molar-refractivity contribution in [2.45, 2.75) is 83.8 Å². The first-order valence-electron chi connectivity index (χ1n) is 13.3. The molecule has 2 amide bonds. The summed E-state index contributed by atoms with van der Waals surface area (Å²) in [5.41, 5.74) is 2.01. The van der Waals surface area contributed by atoms with Gasteiger partial charge in [0.1, 0.15) is 12.6 Å². The van der Waals surface area contributed by atoms with E-state index in [9.17, 15) is 18.0 Å². The van der Waals surface area contributed by atoms with E-state index in [1.54, 1.807) is 30.3 Å². The van der Waals surface area contributed by atoms with E-state index in [0.717, 1.165) is 41.8 Å². The van der Waals surface area contributed by atoms with Crippen molar-refractivity contribution in [1.29, 1.82) is 0 Å². The molecule has 0 radical (unpaired) electrons. The number of sulfonamides is 1. The van der Waals surface area contributed by atoms with E-state index in [2.05, 4.69) is 26.1 Å². The summed E-state index contributed by atoms with van der Waals surface area (Å²) in [6.45, 7) is 7.69. The number of halogens is 2. The van der Waals surface area contributed by atoms with Crippen LogP contribution in [0.5, 0.6) is 0 Å². The van der Waals surface area contributed by atoms with Gasteiger partial charge in [0, 0.05) is 12.6 Å². The van der Waals surface area contributed by atoms with Gasteiger partial charge in [0.05, 0.1) is 22.0 Å². The third kappa shape index (κ3) is 8.35. The van der Waals surface area contributed by atoms with Crippen molar-refractivity contribution in [2.24, 2.45) is 0 Å². The van der Waals surface area contributed by atoms with Gasteiger partial charge in [0.15, 0.2) is 0 Å². The molecule has 0 aliphatic heterocycles. The molecular formula is C29H39Cl2N3O4S. The van der Waals surface area contributed by atoms with Crippen molar-refractivity contribution < 1.29 is 18.0 Å². The molecule has 214 valence electrons. The molecule has 1 fully saturated rings. The molecule has 0 spiro atoms. The van der Waals surface area contributed by atoms with E-state index in [-0.39, 0.29) is 23.9 Å². The lowest BCUT2D eigenvalue weighted by Crippen LogP contribution is -2.53. The zero-order valence-corrected chi connectivity index (χ0v) is 25.7. The average Bonchev–Trinajstić information content (AvgIpc) is 3.36. The molecule has 7 nitrogen and oxygen atoms in total. The highest BCUT2D eigenvalue weighted by molar-refractivity contribution is 7.92. The molecule has 1 aliphatic rings. The van der Waals surface area contributed by atoms with Crippen LogP contribution in [-0.4, -0.2) is 50.0 Å². The second kappa shape index (κ2) is 12.9. The van der Waals surface area contributed by atoms with Crippen molar-refractivity contribution in [3.63, 3.8) is 0 Å². The molecule has 1 N–H and O–H groups in total. The summed E-state index contributed by atoms with van der Waals surface area (Å²) >= 11 is 12.3. The van der Waals surface area contributed by atoms with Gasteiger partial charge in [-0.3, -0.25) is 13.9 Å². The lowest BCUT2D eigenvalue weighted by Gasteiger charge is -2.33. The van der Waals surface area contributed by atoms with Crippen LogP contribution in [0.3, 0.4) is 0 Å². The van der Waals surface area contributed by atoms with E-state index in [0.29, 0.717) is 27.7 Å². The molecule has 2 aromatic carbocycles. The van der Waals surface area contributed by atoms with Crippen LogP contribution in [-0.2, 0) is 31.6 Å². The van der Waals surface area contributed by atoms with E-state index in [4.69, 9.17) is 23.2 Å². The van der Waals surface area contributed by atoms with Crippen LogP contribution < -0.4 is 9.62 Å². The summed E-state index contributed by atoms with van der Waals surface area (Å²) in [5, 5.41) is 3.81. The molecule has 0 heterocycles. The van der Waals surface area contributed by atoms with E-state index in [1.165, 1.54) is 4.90 Å². The Kier molecular flexibility index (Phi) is 10.3. The standard InChI is InChI=1S/C29H39Cl2N3O4S/c1-6-26(28(36)32-22-9-7-8-10-22)33(18-20-11-16-24(30)25(31)17-20)27(35)19-34(39(5,37)38)23-14-12-21(13-15-23)29(2,3)4/h11-17,22,26H,6-10,18-19H2,1-5H3,(H,32,36)/t26-/m0/s1. The summed E-state index contributed by atoms with van der Waals surface area (Å²) in [6.07, 6.45) is 5.39. The van der Waals surface area contributed by atoms with Crippen molar-refractivity contribution >= 4 is 50.7 Å². The first kappa shape index (κ1) is 31.2. The fraction of sp³-hybridized carbons (Fsp3) is 0.517. The second-order valence-corrected chi connectivity index (χ2v) is 14.0. The number of nitrogens with zero attached hydrogens (tertiary/aromatic N) is 2. The van der Waals surface area contributed by atoms with Crippen LogP contribution in [0.25, 0.3) is 0 Å². The predicted octanol–water partition coefficient (Wildman–Crippen LogP) is 5.92. The van der Waals surface area contributed by atoms with Crippen LogP contribution in [0.1, 0.15) is 70.9 Å². The van der Waals surface area contributed by atoms with Crippen LogP contribution >= 0.6 is 23.2 Å². The molecule has 2 aromatic rings. The quantitative estimate of drug-likeness (QED) is 0.369. The number of amides is 2. The number of anilines is 1. The van der Waals surface area contributed by atoms with Gasteiger partial charge in [0.25, 0.3) is 0 Å². The van der Waals surface area contributed by atoms with Gasteiger partial charge in [-0.05, 0) is 60.1 Å². The Morgan fingerprint density at radius 2 is 1.64 bits per heavy atom. The summed E-state index contributed by atoms with van der Waals surface area (Å²) in [6, 6.07) is 11.5. The van der Waals surface area contributed by atoms with Gasteiger partial charge < -0.3 is 10.2 Å². The number of nitrogens with one attached hydrogen (secondary N) is 1. The molecule has 0 aromatic heterocycles. The first-order chi connectivity index (χ1) is 18.2. The first-order valence-corrected chi connectivity index (χ1v) is 15.9. The Hall–Kier alpha value is -2.29. The minimum absolute atomic E-state index is 0.0763. The highest BCUT2D eigenvalue weighted by Crippen LogP contribution is 2.27. The van der Waals surface area contributed by atoms with Crippen LogP contribution in [0, 0.1) is 0 Å². The van der Waals surface area contributed by atoms with Gasteiger partial charge in [-0.2, -0.15) is 0 Å². The maximum absolute atomic E-state index is 13.9. The monoisotopic (exact) mass is 595 g/mol. The Morgan fingerprint density at radius 3 is 2.15 bits per heavy atom. The van der Waals surface area contributed by atoms with Crippen LogP contribution in [0.15, 0.2) is 42.5 Å². The smallest absolute Gasteiger partial charge is 0.244 e. The highest BCUT2D eigenvalue weighted by Gasteiger charge is 2.33. The predicted molar refractivity (Wildman–Crippen MR) is 159 cm³/mol. The Bertz CT molecular complexity index is 1270. The SMILES string of the molecule is CC[C@@H](C(=O)NC1CCCC1)N(Cc1ccc(Cl)c(Cl)c1)C(=O)CN(c1ccc(C(C)(C)C)cc1)S(C)(=O)=O. The van der Waals surface area contributed by atoms with Crippen molar-refractivity contribution in [1.82, 2.24) is 10.2 Å². The zero-order chi connectivity index (χ0) is 29.0. The Balaban J connectivity index is 1.94. The summed E-state index contributed by atoms with van der Waals surface area (Å²) in [4.78, 5) is 28.7. The Morgan fingerprint density at radius 1 is 1.03 bits per heavy atom. The maximum atomic E-state index is 13.9. The number of rotatable bonds is 10. The molecule has 39 heavy (non-hydrogen) atoms. The number of hydrogen-bond acceptors (Lipinski definition) is 4. The molecule has 1 atom stereocenters. The van der Waals surface area contributed by atoms with E-state index < -0.39 is 28.5 Å². The summed E-state index contributed by atoms with van der Waals surface area (Å²) < 4.78 is 26.8. The van der Waals surface area contributed by atoms with Crippen LogP contribution in [0.4, 0.5) is 5.69 Å². The normalized spacial score (nSPS) is 15.2. The fourth-order valence-electron chi connectivity index (χ4n) is 4.86. The van der Waals surface area contributed by atoms with Gasteiger partial charge in [-0.15, -0.1) is 0 Å². The second-order valence-electron chi connectivity index (χ2n) is 11.3. The highest BCUT2D eigenvalue weighted by atomic mass is 35.5. The molecule has 1 aliphatic carbocycles. The van der Waals surface area contributed by atoms with Gasteiger partial charge in [0.2, 0.25) is 21.8 Å². The van der Waals surface area contributed by atoms with Gasteiger partial charge in [-0.1, -0.05) is 81.9 Å². The fourth-order valence-corrected chi connectivity index (χ4v) is 6.03.